The Balaban J connectivity index is 1.29. The molecule has 138 valence electrons. The van der Waals surface area contributed by atoms with Gasteiger partial charge in [0.25, 0.3) is 5.91 Å². The van der Waals surface area contributed by atoms with Gasteiger partial charge in [0.2, 0.25) is 5.91 Å². The van der Waals surface area contributed by atoms with Crippen LogP contribution < -0.4 is 0 Å². The van der Waals surface area contributed by atoms with Crippen LogP contribution in [0, 0.1) is 0 Å². The Morgan fingerprint density at radius 3 is 2.56 bits per heavy atom. The van der Waals surface area contributed by atoms with E-state index in [1.54, 1.807) is 22.4 Å². The number of aromatic nitrogens is 3. The third kappa shape index (κ3) is 3.95. The van der Waals surface area contributed by atoms with Crippen LogP contribution in [0.5, 0.6) is 0 Å². The van der Waals surface area contributed by atoms with Crippen molar-refractivity contribution < 1.29 is 9.59 Å². The smallest absolute Gasteiger partial charge is 0.274 e. The van der Waals surface area contributed by atoms with Gasteiger partial charge in [-0.25, -0.2) is 9.97 Å². The molecule has 1 aliphatic heterocycles. The number of para-hydroxylation sites is 1. The van der Waals surface area contributed by atoms with Crippen LogP contribution in [-0.4, -0.2) is 62.7 Å². The highest BCUT2D eigenvalue weighted by atomic mass is 32.1. The highest BCUT2D eigenvalue weighted by molar-refractivity contribution is 7.18. The summed E-state index contributed by atoms with van der Waals surface area (Å²) in [5.74, 6) is -0.0227. The van der Waals surface area contributed by atoms with Gasteiger partial charge in [0.1, 0.15) is 5.69 Å². The van der Waals surface area contributed by atoms with Crippen LogP contribution >= 0.6 is 11.3 Å². The maximum absolute atomic E-state index is 12.5. The van der Waals surface area contributed by atoms with Crippen molar-refractivity contribution in [3.63, 3.8) is 0 Å². The molecule has 0 radical (unpaired) electrons. The molecule has 0 spiro atoms. The number of carbonyl (C=O) groups is 2. The molecule has 0 bridgehead atoms. The molecule has 27 heavy (non-hydrogen) atoms. The summed E-state index contributed by atoms with van der Waals surface area (Å²) in [5.41, 5.74) is 1.33. The first-order valence-electron chi connectivity index (χ1n) is 8.88. The number of rotatable bonds is 4. The Morgan fingerprint density at radius 2 is 1.81 bits per heavy atom. The third-order valence-electron chi connectivity index (χ3n) is 4.59. The number of amides is 2. The quantitative estimate of drug-likeness (QED) is 0.691. The summed E-state index contributed by atoms with van der Waals surface area (Å²) < 4.78 is 1.15. The van der Waals surface area contributed by atoms with Crippen molar-refractivity contribution in [1.29, 1.82) is 0 Å². The fourth-order valence-electron chi connectivity index (χ4n) is 3.13. The Kier molecular flexibility index (Phi) is 5.06. The van der Waals surface area contributed by atoms with E-state index in [0.29, 0.717) is 44.7 Å². The molecule has 0 aliphatic carbocycles. The number of thiazole rings is 1. The van der Waals surface area contributed by atoms with Crippen LogP contribution in [-0.2, 0) is 11.2 Å². The van der Waals surface area contributed by atoms with Gasteiger partial charge in [0, 0.05) is 51.4 Å². The van der Waals surface area contributed by atoms with Crippen LogP contribution in [0.4, 0.5) is 0 Å². The molecule has 3 heterocycles. The van der Waals surface area contributed by atoms with E-state index >= 15 is 0 Å². The normalized spacial score (nSPS) is 14.5. The first kappa shape index (κ1) is 17.5. The van der Waals surface area contributed by atoms with E-state index in [1.165, 1.54) is 12.4 Å². The maximum Gasteiger partial charge on any atom is 0.274 e. The lowest BCUT2D eigenvalue weighted by atomic mass is 10.2. The number of fused-ring (bicyclic) bond motifs is 1. The van der Waals surface area contributed by atoms with Gasteiger partial charge in [0.15, 0.2) is 0 Å². The van der Waals surface area contributed by atoms with E-state index < -0.39 is 0 Å². The minimum atomic E-state index is -0.135. The highest BCUT2D eigenvalue weighted by Crippen LogP contribution is 2.22. The standard InChI is InChI=1S/C19H19N5O2S/c25-18(6-5-17-22-14-3-1-2-4-16(14)27-17)23-9-11-24(12-10-23)19(26)15-13-20-7-8-21-15/h1-4,7-8,13H,5-6,9-12H2. The average molecular weight is 381 g/mol. The fourth-order valence-corrected chi connectivity index (χ4v) is 4.10. The minimum absolute atomic E-state index is 0.112. The van der Waals surface area contributed by atoms with Gasteiger partial charge in [-0.15, -0.1) is 11.3 Å². The van der Waals surface area contributed by atoms with Crippen molar-refractivity contribution >= 4 is 33.4 Å². The van der Waals surface area contributed by atoms with Crippen molar-refractivity contribution in [2.24, 2.45) is 0 Å². The zero-order chi connectivity index (χ0) is 18.6. The van der Waals surface area contributed by atoms with Gasteiger partial charge in [-0.3, -0.25) is 14.6 Å². The monoisotopic (exact) mass is 381 g/mol. The first-order chi connectivity index (χ1) is 13.2. The molecule has 0 saturated carbocycles. The van der Waals surface area contributed by atoms with Crippen molar-refractivity contribution in [2.45, 2.75) is 12.8 Å². The molecule has 0 unspecified atom stereocenters. The molecule has 3 aromatic rings. The van der Waals surface area contributed by atoms with Crippen molar-refractivity contribution in [1.82, 2.24) is 24.8 Å². The lowest BCUT2D eigenvalue weighted by molar-refractivity contribution is -0.132. The SMILES string of the molecule is O=C(CCc1nc2ccccc2s1)N1CCN(C(=O)c2cnccn2)CC1. The molecule has 4 rings (SSSR count). The van der Waals surface area contributed by atoms with Gasteiger partial charge >= 0.3 is 0 Å². The average Bonchev–Trinajstić information content (AvgIpc) is 3.15. The van der Waals surface area contributed by atoms with Crippen molar-refractivity contribution in [2.75, 3.05) is 26.2 Å². The largest absolute Gasteiger partial charge is 0.339 e. The molecule has 0 N–H and O–H groups in total. The Bertz CT molecular complexity index is 918. The van der Waals surface area contributed by atoms with Gasteiger partial charge in [0.05, 0.1) is 21.4 Å². The molecule has 8 heteroatoms. The molecule has 0 atom stereocenters. The number of hydrogen-bond donors (Lipinski definition) is 0. The molecule has 7 nitrogen and oxygen atoms in total. The van der Waals surface area contributed by atoms with E-state index in [1.807, 2.05) is 29.2 Å². The summed E-state index contributed by atoms with van der Waals surface area (Å²) in [5, 5.41) is 0.987. The number of nitrogens with zero attached hydrogens (tertiary/aromatic N) is 5. The molecule has 2 amide bonds. The van der Waals surface area contributed by atoms with Gasteiger partial charge in [-0.05, 0) is 12.1 Å². The highest BCUT2D eigenvalue weighted by Gasteiger charge is 2.25. The lowest BCUT2D eigenvalue weighted by Crippen LogP contribution is -2.50. The number of aryl methyl sites for hydroxylation is 1. The van der Waals surface area contributed by atoms with Crippen molar-refractivity contribution in [3.8, 4) is 0 Å². The van der Waals surface area contributed by atoms with E-state index in [4.69, 9.17) is 0 Å². The maximum atomic E-state index is 12.5. The number of carbonyl (C=O) groups excluding carboxylic acids is 2. The molecular formula is C19H19N5O2S. The van der Waals surface area contributed by atoms with Crippen LogP contribution in [0.2, 0.25) is 0 Å². The second kappa shape index (κ2) is 7.79. The predicted molar refractivity (Wildman–Crippen MR) is 102 cm³/mol. The van der Waals surface area contributed by atoms with E-state index in [0.717, 1.165) is 15.2 Å². The molecule has 1 fully saturated rings. The zero-order valence-electron chi connectivity index (χ0n) is 14.7. The minimum Gasteiger partial charge on any atom is -0.339 e. The van der Waals surface area contributed by atoms with Crippen LogP contribution in [0.3, 0.4) is 0 Å². The summed E-state index contributed by atoms with van der Waals surface area (Å²) in [6, 6.07) is 8.01. The lowest BCUT2D eigenvalue weighted by Gasteiger charge is -2.34. The Morgan fingerprint density at radius 1 is 1.04 bits per heavy atom. The summed E-state index contributed by atoms with van der Waals surface area (Å²) in [4.78, 5) is 41.0. The second-order valence-corrected chi connectivity index (χ2v) is 7.45. The predicted octanol–water partition coefficient (Wildman–Crippen LogP) is 2.00. The topological polar surface area (TPSA) is 79.3 Å². The summed E-state index contributed by atoms with van der Waals surface area (Å²) >= 11 is 1.64. The van der Waals surface area contributed by atoms with Crippen molar-refractivity contribution in [3.05, 3.63) is 53.6 Å². The molecule has 2 aromatic heterocycles. The molecule has 1 saturated heterocycles. The molecule has 1 aromatic carbocycles. The molecule has 1 aliphatic rings. The van der Waals surface area contributed by atoms with Crippen LogP contribution in [0.25, 0.3) is 10.2 Å². The zero-order valence-corrected chi connectivity index (χ0v) is 15.6. The molecular weight excluding hydrogens is 362 g/mol. The number of benzene rings is 1. The second-order valence-electron chi connectivity index (χ2n) is 6.34. The number of hydrogen-bond acceptors (Lipinski definition) is 6. The van der Waals surface area contributed by atoms with E-state index in [-0.39, 0.29) is 11.8 Å². The van der Waals surface area contributed by atoms with Gasteiger partial charge in [-0.2, -0.15) is 0 Å². The van der Waals surface area contributed by atoms with E-state index in [9.17, 15) is 9.59 Å². The van der Waals surface area contributed by atoms with Gasteiger partial charge in [-0.1, -0.05) is 12.1 Å². The first-order valence-corrected chi connectivity index (χ1v) is 9.70. The van der Waals surface area contributed by atoms with E-state index in [2.05, 4.69) is 15.0 Å². The summed E-state index contributed by atoms with van der Waals surface area (Å²) in [7, 11) is 0. The van der Waals surface area contributed by atoms with Gasteiger partial charge < -0.3 is 9.80 Å². The fraction of sp³-hybridized carbons (Fsp3) is 0.316. The summed E-state index contributed by atoms with van der Waals surface area (Å²) in [6.45, 7) is 2.12. The summed E-state index contributed by atoms with van der Waals surface area (Å²) in [6.07, 6.45) is 5.61. The Labute approximate surface area is 160 Å². The third-order valence-corrected chi connectivity index (χ3v) is 5.69. The van der Waals surface area contributed by atoms with Crippen LogP contribution in [0.15, 0.2) is 42.9 Å². The van der Waals surface area contributed by atoms with Crippen LogP contribution in [0.1, 0.15) is 21.9 Å². The Hall–Kier alpha value is -2.87. The number of piperazine rings is 1.